The number of nitrogens with zero attached hydrogens (tertiary/aromatic N) is 3. The standard InChI is InChI=1S/C21H13ClN4O3S/c22-18-14-6-2-4-8-17(14)30-19(18)21(28)29-16-7-3-1-5-13(16)11-25-26-20(27)15-12-23-9-10-24-15/h1-12H,(H,26,27)/b25-11+. The Morgan fingerprint density at radius 3 is 2.70 bits per heavy atom. The molecule has 2 heterocycles. The average molecular weight is 437 g/mol. The average Bonchev–Trinajstić information content (AvgIpc) is 3.12. The van der Waals surface area contributed by atoms with Gasteiger partial charge in [0.15, 0.2) is 0 Å². The van der Waals surface area contributed by atoms with Crippen LogP contribution in [0.4, 0.5) is 0 Å². The Hall–Kier alpha value is -3.62. The van der Waals surface area contributed by atoms with E-state index in [0.29, 0.717) is 15.5 Å². The van der Waals surface area contributed by atoms with E-state index in [0.717, 1.165) is 10.1 Å². The number of aromatic nitrogens is 2. The summed E-state index contributed by atoms with van der Waals surface area (Å²) in [5.41, 5.74) is 2.99. The number of nitrogens with one attached hydrogen (secondary N) is 1. The first kappa shape index (κ1) is 19.7. The molecular weight excluding hydrogens is 424 g/mol. The maximum Gasteiger partial charge on any atom is 0.355 e. The Balaban J connectivity index is 1.51. The van der Waals surface area contributed by atoms with Crippen LogP contribution in [-0.2, 0) is 0 Å². The number of carbonyl (C=O) groups is 2. The van der Waals surface area contributed by atoms with Crippen LogP contribution >= 0.6 is 22.9 Å². The van der Waals surface area contributed by atoms with Crippen LogP contribution in [0, 0.1) is 0 Å². The van der Waals surface area contributed by atoms with Gasteiger partial charge in [0.05, 0.1) is 17.4 Å². The summed E-state index contributed by atoms with van der Waals surface area (Å²) in [4.78, 5) is 32.7. The van der Waals surface area contributed by atoms with E-state index in [2.05, 4.69) is 20.5 Å². The lowest BCUT2D eigenvalue weighted by Gasteiger charge is -2.06. The number of halogens is 1. The number of esters is 1. The SMILES string of the molecule is O=C(N/N=C/c1ccccc1OC(=O)c1sc2ccccc2c1Cl)c1cnccn1. The summed E-state index contributed by atoms with van der Waals surface area (Å²) in [7, 11) is 0. The third-order valence-electron chi connectivity index (χ3n) is 4.01. The molecule has 1 amide bonds. The van der Waals surface area contributed by atoms with Crippen LogP contribution in [0.25, 0.3) is 10.1 Å². The molecule has 0 unspecified atom stereocenters. The molecule has 2 aromatic carbocycles. The van der Waals surface area contributed by atoms with Crippen molar-refractivity contribution in [2.75, 3.05) is 0 Å². The van der Waals surface area contributed by atoms with Crippen molar-refractivity contribution in [2.24, 2.45) is 5.10 Å². The highest BCUT2D eigenvalue weighted by molar-refractivity contribution is 7.21. The van der Waals surface area contributed by atoms with Crippen molar-refractivity contribution in [1.29, 1.82) is 0 Å². The maximum atomic E-state index is 12.7. The van der Waals surface area contributed by atoms with Gasteiger partial charge >= 0.3 is 5.97 Å². The van der Waals surface area contributed by atoms with Crippen LogP contribution in [-0.4, -0.2) is 28.1 Å². The molecule has 0 saturated heterocycles. The molecule has 2 aromatic heterocycles. The minimum absolute atomic E-state index is 0.133. The molecule has 4 aromatic rings. The van der Waals surface area contributed by atoms with Crippen molar-refractivity contribution >= 4 is 51.1 Å². The van der Waals surface area contributed by atoms with Gasteiger partial charge in [-0.15, -0.1) is 11.3 Å². The highest BCUT2D eigenvalue weighted by atomic mass is 35.5. The summed E-state index contributed by atoms with van der Waals surface area (Å²) < 4.78 is 6.44. The predicted molar refractivity (Wildman–Crippen MR) is 115 cm³/mol. The third kappa shape index (κ3) is 4.19. The number of hydrogen-bond acceptors (Lipinski definition) is 7. The van der Waals surface area contributed by atoms with Crippen molar-refractivity contribution in [3.8, 4) is 5.75 Å². The molecule has 0 radical (unpaired) electrons. The Bertz CT molecular complexity index is 1260. The molecule has 30 heavy (non-hydrogen) atoms. The molecule has 7 nitrogen and oxygen atoms in total. The van der Waals surface area contributed by atoms with Crippen LogP contribution in [0.15, 0.2) is 72.2 Å². The zero-order valence-corrected chi connectivity index (χ0v) is 16.9. The minimum atomic E-state index is -0.564. The molecular formula is C21H13ClN4O3S. The van der Waals surface area contributed by atoms with Gasteiger partial charge in [0.1, 0.15) is 16.3 Å². The Kier molecular flexibility index (Phi) is 5.78. The Labute approximate surface area is 180 Å². The highest BCUT2D eigenvalue weighted by Gasteiger charge is 2.19. The summed E-state index contributed by atoms with van der Waals surface area (Å²) in [6.45, 7) is 0. The molecule has 1 N–H and O–H groups in total. The van der Waals surface area contributed by atoms with E-state index in [1.165, 1.54) is 36.1 Å². The number of carbonyl (C=O) groups excluding carboxylic acids is 2. The zero-order chi connectivity index (χ0) is 20.9. The van der Waals surface area contributed by atoms with Crippen LogP contribution < -0.4 is 10.2 Å². The molecule has 0 aliphatic rings. The smallest absolute Gasteiger partial charge is 0.355 e. The lowest BCUT2D eigenvalue weighted by Crippen LogP contribution is -2.19. The first-order valence-corrected chi connectivity index (χ1v) is 9.90. The van der Waals surface area contributed by atoms with E-state index in [9.17, 15) is 9.59 Å². The topological polar surface area (TPSA) is 93.5 Å². The third-order valence-corrected chi connectivity index (χ3v) is 5.66. The second-order valence-electron chi connectivity index (χ2n) is 5.96. The molecule has 0 aliphatic heterocycles. The maximum absolute atomic E-state index is 12.7. The fourth-order valence-corrected chi connectivity index (χ4v) is 3.99. The number of thiophene rings is 1. The quantitative estimate of drug-likeness (QED) is 0.217. The van der Waals surface area contributed by atoms with Gasteiger partial charge in [0, 0.05) is 28.0 Å². The number of benzene rings is 2. The van der Waals surface area contributed by atoms with E-state index < -0.39 is 11.9 Å². The molecule has 0 fully saturated rings. The van der Waals surface area contributed by atoms with Crippen molar-refractivity contribution in [3.05, 3.63) is 88.3 Å². The molecule has 4 rings (SSSR count). The van der Waals surface area contributed by atoms with Crippen molar-refractivity contribution in [3.63, 3.8) is 0 Å². The van der Waals surface area contributed by atoms with Gasteiger partial charge in [-0.25, -0.2) is 15.2 Å². The largest absolute Gasteiger partial charge is 0.422 e. The molecule has 0 atom stereocenters. The zero-order valence-electron chi connectivity index (χ0n) is 15.3. The monoisotopic (exact) mass is 436 g/mol. The highest BCUT2D eigenvalue weighted by Crippen LogP contribution is 2.35. The van der Waals surface area contributed by atoms with E-state index in [1.807, 2.05) is 24.3 Å². The van der Waals surface area contributed by atoms with E-state index in [-0.39, 0.29) is 11.4 Å². The number of ether oxygens (including phenoxy) is 1. The molecule has 9 heteroatoms. The lowest BCUT2D eigenvalue weighted by molar-refractivity contribution is 0.0739. The van der Waals surface area contributed by atoms with Gasteiger partial charge in [-0.1, -0.05) is 41.9 Å². The normalized spacial score (nSPS) is 11.0. The fourth-order valence-electron chi connectivity index (χ4n) is 2.61. The molecule has 0 bridgehead atoms. The van der Waals surface area contributed by atoms with Gasteiger partial charge in [-0.2, -0.15) is 5.10 Å². The van der Waals surface area contributed by atoms with Crippen molar-refractivity contribution in [1.82, 2.24) is 15.4 Å². The van der Waals surface area contributed by atoms with Crippen LogP contribution in [0.1, 0.15) is 25.7 Å². The Morgan fingerprint density at radius 2 is 1.90 bits per heavy atom. The van der Waals surface area contributed by atoms with Gasteiger partial charge in [-0.05, 0) is 18.2 Å². The number of hydrogen-bond donors (Lipinski definition) is 1. The van der Waals surface area contributed by atoms with E-state index >= 15 is 0 Å². The van der Waals surface area contributed by atoms with Gasteiger partial charge in [0.25, 0.3) is 5.91 Å². The minimum Gasteiger partial charge on any atom is -0.422 e. The predicted octanol–water partition coefficient (Wildman–Crippen LogP) is 4.33. The Morgan fingerprint density at radius 1 is 1.10 bits per heavy atom. The van der Waals surface area contributed by atoms with Crippen LogP contribution in [0.5, 0.6) is 5.75 Å². The lowest BCUT2D eigenvalue weighted by atomic mass is 10.2. The second kappa shape index (κ2) is 8.81. The molecule has 0 aliphatic carbocycles. The first-order chi connectivity index (χ1) is 14.6. The number of hydrazone groups is 1. The van der Waals surface area contributed by atoms with Gasteiger partial charge in [0.2, 0.25) is 0 Å². The van der Waals surface area contributed by atoms with Crippen molar-refractivity contribution < 1.29 is 14.3 Å². The van der Waals surface area contributed by atoms with Gasteiger partial charge in [-0.3, -0.25) is 9.78 Å². The summed E-state index contributed by atoms with van der Waals surface area (Å²) >= 11 is 7.63. The number of amides is 1. The van der Waals surface area contributed by atoms with Crippen LogP contribution in [0.3, 0.4) is 0 Å². The number of fused-ring (bicyclic) bond motifs is 1. The summed E-state index contributed by atoms with van der Waals surface area (Å²) in [5, 5.41) is 5.07. The fraction of sp³-hybridized carbons (Fsp3) is 0. The molecule has 0 saturated carbocycles. The number of rotatable bonds is 5. The summed E-state index contributed by atoms with van der Waals surface area (Å²) in [6.07, 6.45) is 5.58. The molecule has 148 valence electrons. The van der Waals surface area contributed by atoms with Gasteiger partial charge < -0.3 is 4.74 Å². The summed E-state index contributed by atoms with van der Waals surface area (Å²) in [6, 6.07) is 14.3. The van der Waals surface area contributed by atoms with E-state index in [1.54, 1.807) is 24.3 Å². The second-order valence-corrected chi connectivity index (χ2v) is 7.39. The number of para-hydroxylation sites is 1. The van der Waals surface area contributed by atoms with Crippen molar-refractivity contribution in [2.45, 2.75) is 0 Å². The van der Waals surface area contributed by atoms with Crippen LogP contribution in [0.2, 0.25) is 5.02 Å². The molecule has 0 spiro atoms. The first-order valence-electron chi connectivity index (χ1n) is 8.71. The summed E-state index contributed by atoms with van der Waals surface area (Å²) in [5.74, 6) is -0.787. The van der Waals surface area contributed by atoms with E-state index in [4.69, 9.17) is 16.3 Å².